The van der Waals surface area contributed by atoms with Gasteiger partial charge in [-0.15, -0.1) is 0 Å². The van der Waals surface area contributed by atoms with Crippen molar-refractivity contribution in [2.24, 2.45) is 0 Å². The zero-order chi connectivity index (χ0) is 24.1. The molecule has 2 heterocycles. The van der Waals surface area contributed by atoms with Gasteiger partial charge in [0, 0.05) is 12.6 Å². The van der Waals surface area contributed by atoms with Gasteiger partial charge in [-0.1, -0.05) is 56.0 Å². The van der Waals surface area contributed by atoms with Crippen LogP contribution in [-0.2, 0) is 22.5 Å². The molecule has 0 spiro atoms. The van der Waals surface area contributed by atoms with Gasteiger partial charge in [0.2, 0.25) is 5.91 Å². The number of amides is 2. The molecule has 1 aliphatic heterocycles. The maximum atomic E-state index is 13.7. The normalized spacial score (nSPS) is 21.0. The monoisotopic (exact) mass is 466 g/mol. The first-order valence-electron chi connectivity index (χ1n) is 12.2. The Kier molecular flexibility index (Phi) is 7.34. The van der Waals surface area contributed by atoms with E-state index in [2.05, 4.69) is 22.4 Å². The molecule has 2 aliphatic rings. The minimum absolute atomic E-state index is 0.00761. The molecular weight excluding hydrogens is 432 g/mol. The number of rotatable bonds is 7. The van der Waals surface area contributed by atoms with E-state index in [0.29, 0.717) is 13.0 Å². The van der Waals surface area contributed by atoms with Gasteiger partial charge in [-0.25, -0.2) is 9.78 Å². The number of hydrogen-bond acceptors (Lipinski definition) is 5. The molecule has 1 aromatic heterocycles. The molecule has 2 aromatic rings. The van der Waals surface area contributed by atoms with Crippen molar-refractivity contribution in [1.82, 2.24) is 19.8 Å². The van der Waals surface area contributed by atoms with Crippen LogP contribution in [0.2, 0.25) is 0 Å². The fourth-order valence-corrected chi connectivity index (χ4v) is 5.13. The summed E-state index contributed by atoms with van der Waals surface area (Å²) < 4.78 is 6.45. The first kappa shape index (κ1) is 24.0. The summed E-state index contributed by atoms with van der Waals surface area (Å²) in [5, 5.41) is 3.24. The maximum Gasteiger partial charge on any atom is 0.359 e. The molecule has 34 heavy (non-hydrogen) atoms. The number of carbonyl (C=O) groups is 3. The van der Waals surface area contributed by atoms with Crippen molar-refractivity contribution >= 4 is 17.8 Å². The Morgan fingerprint density at radius 2 is 1.85 bits per heavy atom. The van der Waals surface area contributed by atoms with Gasteiger partial charge in [0.1, 0.15) is 11.2 Å². The largest absolute Gasteiger partial charge is 0.464 e. The first-order chi connectivity index (χ1) is 16.4. The number of imidazole rings is 1. The summed E-state index contributed by atoms with van der Waals surface area (Å²) in [6, 6.07) is 10.2. The van der Waals surface area contributed by atoms with E-state index in [1.165, 1.54) is 31.8 Å². The van der Waals surface area contributed by atoms with Gasteiger partial charge >= 0.3 is 5.97 Å². The fraction of sp³-hybridized carbons (Fsp3) is 0.538. The van der Waals surface area contributed by atoms with Crippen molar-refractivity contribution in [2.75, 3.05) is 13.7 Å². The molecule has 1 N–H and O–H groups in total. The second-order valence-electron chi connectivity index (χ2n) is 9.54. The van der Waals surface area contributed by atoms with Gasteiger partial charge in [-0.3, -0.25) is 9.59 Å². The van der Waals surface area contributed by atoms with Crippen LogP contribution in [0.25, 0.3) is 0 Å². The Bertz CT molecular complexity index is 1030. The van der Waals surface area contributed by atoms with Gasteiger partial charge < -0.3 is 19.5 Å². The summed E-state index contributed by atoms with van der Waals surface area (Å²) in [7, 11) is 1.27. The molecule has 1 atom stereocenters. The van der Waals surface area contributed by atoms with E-state index < -0.39 is 11.5 Å². The number of aryl methyl sites for hydroxylation is 1. The number of hydrogen-bond donors (Lipinski definition) is 1. The van der Waals surface area contributed by atoms with Gasteiger partial charge in [-0.05, 0) is 38.2 Å². The van der Waals surface area contributed by atoms with Gasteiger partial charge in [0.25, 0.3) is 5.91 Å². The predicted molar refractivity (Wildman–Crippen MR) is 127 cm³/mol. The molecule has 1 aromatic carbocycles. The highest BCUT2D eigenvalue weighted by molar-refractivity contribution is 6.06. The van der Waals surface area contributed by atoms with Crippen LogP contribution in [0.5, 0.6) is 0 Å². The highest BCUT2D eigenvalue weighted by atomic mass is 16.5. The van der Waals surface area contributed by atoms with E-state index in [1.54, 1.807) is 9.47 Å². The molecule has 1 aliphatic carbocycles. The lowest BCUT2D eigenvalue weighted by Crippen LogP contribution is -2.65. The first-order valence-corrected chi connectivity index (χ1v) is 12.2. The number of methoxy groups -OCH3 is 1. The van der Waals surface area contributed by atoms with Crippen molar-refractivity contribution in [2.45, 2.75) is 76.4 Å². The summed E-state index contributed by atoms with van der Waals surface area (Å²) in [4.78, 5) is 45.4. The van der Waals surface area contributed by atoms with Gasteiger partial charge in [0.15, 0.2) is 5.69 Å². The molecule has 2 amide bonds. The van der Waals surface area contributed by atoms with Crippen LogP contribution >= 0.6 is 0 Å². The average Bonchev–Trinajstić information content (AvgIpc) is 3.09. The van der Waals surface area contributed by atoms with Crippen molar-refractivity contribution in [1.29, 1.82) is 0 Å². The average molecular weight is 467 g/mol. The van der Waals surface area contributed by atoms with Gasteiger partial charge in [0.05, 0.1) is 20.0 Å². The van der Waals surface area contributed by atoms with Crippen LogP contribution in [0.1, 0.15) is 78.4 Å². The Hall–Kier alpha value is -3.16. The second-order valence-corrected chi connectivity index (χ2v) is 9.54. The summed E-state index contributed by atoms with van der Waals surface area (Å²) in [5.74, 6) is -1.17. The molecule has 8 nitrogen and oxygen atoms in total. The molecule has 0 saturated heterocycles. The van der Waals surface area contributed by atoms with E-state index in [-0.39, 0.29) is 35.8 Å². The topological polar surface area (TPSA) is 93.5 Å². The SMILES string of the molecule is COC(=O)c1ncn2c1C(=O)N(CCCc1ccccc1)[C@@](C)(C(=O)NC1CCCCCC1)C2. The van der Waals surface area contributed by atoms with Crippen molar-refractivity contribution in [3.63, 3.8) is 0 Å². The third-order valence-corrected chi connectivity index (χ3v) is 7.11. The van der Waals surface area contributed by atoms with Crippen LogP contribution in [-0.4, -0.2) is 57.5 Å². The molecule has 1 saturated carbocycles. The lowest BCUT2D eigenvalue weighted by Gasteiger charge is -2.44. The molecule has 8 heteroatoms. The minimum Gasteiger partial charge on any atom is -0.464 e. The summed E-state index contributed by atoms with van der Waals surface area (Å²) in [6.07, 6.45) is 9.48. The van der Waals surface area contributed by atoms with E-state index in [1.807, 2.05) is 25.1 Å². The zero-order valence-corrected chi connectivity index (χ0v) is 20.1. The number of nitrogens with zero attached hydrogens (tertiary/aromatic N) is 3. The van der Waals surface area contributed by atoms with Crippen LogP contribution in [0.4, 0.5) is 0 Å². The summed E-state index contributed by atoms with van der Waals surface area (Å²) in [5.41, 5.74) is 0.274. The molecule has 0 radical (unpaired) electrons. The second kappa shape index (κ2) is 10.4. The molecular formula is C26H34N4O4. The molecule has 0 unspecified atom stereocenters. The molecule has 0 bridgehead atoms. The van der Waals surface area contributed by atoms with Crippen molar-refractivity contribution < 1.29 is 19.1 Å². The third-order valence-electron chi connectivity index (χ3n) is 7.11. The number of aromatic nitrogens is 2. The highest BCUT2D eigenvalue weighted by Gasteiger charge is 2.49. The number of esters is 1. The number of ether oxygens (including phenoxy) is 1. The smallest absolute Gasteiger partial charge is 0.359 e. The van der Waals surface area contributed by atoms with E-state index >= 15 is 0 Å². The van der Waals surface area contributed by atoms with E-state index in [9.17, 15) is 14.4 Å². The third kappa shape index (κ3) is 4.86. The van der Waals surface area contributed by atoms with E-state index in [0.717, 1.165) is 32.1 Å². The highest BCUT2D eigenvalue weighted by Crippen LogP contribution is 2.30. The van der Waals surface area contributed by atoms with Crippen molar-refractivity contribution in [3.05, 3.63) is 53.6 Å². The van der Waals surface area contributed by atoms with Crippen LogP contribution < -0.4 is 5.32 Å². The molecule has 1 fully saturated rings. The Morgan fingerprint density at radius 1 is 1.15 bits per heavy atom. The Morgan fingerprint density at radius 3 is 2.53 bits per heavy atom. The van der Waals surface area contributed by atoms with Gasteiger partial charge in [-0.2, -0.15) is 0 Å². The van der Waals surface area contributed by atoms with E-state index in [4.69, 9.17) is 4.74 Å². The predicted octanol–water partition coefficient (Wildman–Crippen LogP) is 3.36. The number of carbonyl (C=O) groups excluding carboxylic acids is 3. The molecule has 182 valence electrons. The number of fused-ring (bicyclic) bond motifs is 1. The van der Waals surface area contributed by atoms with Crippen LogP contribution in [0.3, 0.4) is 0 Å². The number of benzene rings is 1. The maximum absolute atomic E-state index is 13.7. The number of nitrogens with one attached hydrogen (secondary N) is 1. The quantitative estimate of drug-likeness (QED) is 0.499. The standard InChI is InChI=1S/C26H34N4O4/c1-26(25(33)28-20-14-8-3-4-9-15-20)17-29-18-27-21(24(32)34-2)22(29)23(31)30(26)16-10-13-19-11-6-5-7-12-19/h5-7,11-12,18,20H,3-4,8-10,13-17H2,1-2H3,(H,28,33)/t26-/m1/s1. The Labute approximate surface area is 200 Å². The zero-order valence-electron chi connectivity index (χ0n) is 20.1. The minimum atomic E-state index is -1.08. The lowest BCUT2D eigenvalue weighted by atomic mass is 9.92. The fourth-order valence-electron chi connectivity index (χ4n) is 5.13. The van der Waals surface area contributed by atoms with Crippen LogP contribution in [0.15, 0.2) is 36.7 Å². The lowest BCUT2D eigenvalue weighted by molar-refractivity contribution is -0.133. The van der Waals surface area contributed by atoms with Crippen LogP contribution in [0, 0.1) is 0 Å². The van der Waals surface area contributed by atoms with Crippen molar-refractivity contribution in [3.8, 4) is 0 Å². The summed E-state index contributed by atoms with van der Waals surface area (Å²) in [6.45, 7) is 2.45. The summed E-state index contributed by atoms with van der Waals surface area (Å²) >= 11 is 0. The molecule has 4 rings (SSSR count). The Balaban J connectivity index is 1.59.